The number of hydrogen-bond donors (Lipinski definition) is 1. The Labute approximate surface area is 167 Å². The quantitative estimate of drug-likeness (QED) is 0.513. The van der Waals surface area contributed by atoms with Gasteiger partial charge >= 0.3 is 5.69 Å². The summed E-state index contributed by atoms with van der Waals surface area (Å²) < 4.78 is 3.40. The largest absolute Gasteiger partial charge is 0.388 e. The van der Waals surface area contributed by atoms with Gasteiger partial charge < -0.3 is 5.32 Å². The highest BCUT2D eigenvalue weighted by Gasteiger charge is 2.16. The topological polar surface area (TPSA) is 64.7 Å². The zero-order chi connectivity index (χ0) is 20.0. The monoisotopic (exact) mass is 381 g/mol. The fourth-order valence-electron chi connectivity index (χ4n) is 3.73. The Bertz CT molecular complexity index is 1400. The third-order valence-electron chi connectivity index (χ3n) is 5.29. The molecule has 0 fully saturated rings. The molecular weight excluding hydrogens is 362 g/mol. The number of imidazole rings is 1. The van der Waals surface area contributed by atoms with Crippen LogP contribution in [0.15, 0.2) is 78.0 Å². The van der Waals surface area contributed by atoms with Crippen molar-refractivity contribution in [3.05, 3.63) is 83.7 Å². The fourth-order valence-corrected chi connectivity index (χ4v) is 3.73. The van der Waals surface area contributed by atoms with Gasteiger partial charge in [-0.25, -0.2) is 4.79 Å². The number of pyridine rings is 2. The first-order valence-corrected chi connectivity index (χ1v) is 9.36. The lowest BCUT2D eigenvalue weighted by molar-refractivity contribution is 0.846. The van der Waals surface area contributed by atoms with Crippen molar-refractivity contribution in [1.82, 2.24) is 19.1 Å². The molecule has 0 amide bonds. The minimum Gasteiger partial charge on any atom is -0.388 e. The third kappa shape index (κ3) is 2.69. The zero-order valence-electron chi connectivity index (χ0n) is 16.1. The standard InChI is InChI=1S/C23H19N5O/c1-24-17-6-8-18(9-7-17)28-22-19-12-15(16-4-3-11-25-13-16)5-10-20(19)26-14-21(22)27(2)23(28)29/h3-14,24H,1-2H3. The van der Waals surface area contributed by atoms with Crippen LogP contribution < -0.4 is 11.0 Å². The number of rotatable bonds is 3. The summed E-state index contributed by atoms with van der Waals surface area (Å²) in [5.41, 5.74) is 6.26. The van der Waals surface area contributed by atoms with Gasteiger partial charge in [-0.15, -0.1) is 0 Å². The molecule has 0 radical (unpaired) electrons. The molecule has 0 spiro atoms. The molecule has 0 bridgehead atoms. The van der Waals surface area contributed by atoms with Gasteiger partial charge in [-0.1, -0.05) is 12.1 Å². The average Bonchev–Trinajstić information content (AvgIpc) is 3.04. The lowest BCUT2D eigenvalue weighted by Crippen LogP contribution is -2.20. The Hall–Kier alpha value is -3.93. The van der Waals surface area contributed by atoms with Gasteiger partial charge in [0.25, 0.3) is 0 Å². The predicted molar refractivity (Wildman–Crippen MR) is 117 cm³/mol. The van der Waals surface area contributed by atoms with Crippen LogP contribution in [0.5, 0.6) is 0 Å². The summed E-state index contributed by atoms with van der Waals surface area (Å²) in [6.07, 6.45) is 5.36. The van der Waals surface area contributed by atoms with Gasteiger partial charge in [-0.05, 0) is 48.0 Å². The minimum absolute atomic E-state index is 0.0988. The molecule has 1 N–H and O–H groups in total. The van der Waals surface area contributed by atoms with E-state index in [1.165, 1.54) is 0 Å². The lowest BCUT2D eigenvalue weighted by atomic mass is 10.0. The van der Waals surface area contributed by atoms with Crippen LogP contribution in [0.3, 0.4) is 0 Å². The van der Waals surface area contributed by atoms with Crippen molar-refractivity contribution < 1.29 is 0 Å². The highest BCUT2D eigenvalue weighted by atomic mass is 16.1. The van der Waals surface area contributed by atoms with E-state index < -0.39 is 0 Å². The predicted octanol–water partition coefficient (Wildman–Crippen LogP) is 3.98. The summed E-state index contributed by atoms with van der Waals surface area (Å²) >= 11 is 0. The van der Waals surface area contributed by atoms with E-state index in [9.17, 15) is 4.79 Å². The Kier molecular flexibility index (Phi) is 3.91. The highest BCUT2D eigenvalue weighted by Crippen LogP contribution is 2.29. The summed E-state index contributed by atoms with van der Waals surface area (Å²) in [5, 5.41) is 4.04. The van der Waals surface area contributed by atoms with Gasteiger partial charge in [-0.2, -0.15) is 0 Å². The molecule has 0 saturated carbocycles. The maximum atomic E-state index is 13.1. The number of benzene rings is 2. The first-order chi connectivity index (χ1) is 14.2. The van der Waals surface area contributed by atoms with E-state index >= 15 is 0 Å². The van der Waals surface area contributed by atoms with E-state index in [2.05, 4.69) is 21.4 Å². The molecule has 5 rings (SSSR count). The lowest BCUT2D eigenvalue weighted by Gasteiger charge is -2.09. The molecule has 0 aliphatic rings. The van der Waals surface area contributed by atoms with Crippen LogP contribution >= 0.6 is 0 Å². The molecule has 3 heterocycles. The van der Waals surface area contributed by atoms with Gasteiger partial charge in [0.15, 0.2) is 0 Å². The summed E-state index contributed by atoms with van der Waals surface area (Å²) in [6.45, 7) is 0. The van der Waals surface area contributed by atoms with Gasteiger partial charge in [-0.3, -0.25) is 19.1 Å². The van der Waals surface area contributed by atoms with E-state index in [-0.39, 0.29) is 5.69 Å². The second kappa shape index (κ2) is 6.60. The fraction of sp³-hybridized carbons (Fsp3) is 0.0870. The number of hydrogen-bond acceptors (Lipinski definition) is 4. The molecule has 6 nitrogen and oxygen atoms in total. The zero-order valence-corrected chi connectivity index (χ0v) is 16.1. The molecule has 29 heavy (non-hydrogen) atoms. The molecule has 6 heteroatoms. The first-order valence-electron chi connectivity index (χ1n) is 9.36. The molecule has 0 saturated heterocycles. The second-order valence-electron chi connectivity index (χ2n) is 6.94. The van der Waals surface area contributed by atoms with E-state index in [0.717, 1.165) is 44.4 Å². The van der Waals surface area contributed by atoms with Crippen molar-refractivity contribution in [2.75, 3.05) is 12.4 Å². The van der Waals surface area contributed by atoms with Crippen LogP contribution in [0, 0.1) is 0 Å². The second-order valence-corrected chi connectivity index (χ2v) is 6.94. The Morgan fingerprint density at radius 2 is 1.79 bits per heavy atom. The van der Waals surface area contributed by atoms with Crippen molar-refractivity contribution in [2.24, 2.45) is 7.05 Å². The van der Waals surface area contributed by atoms with Gasteiger partial charge in [0.2, 0.25) is 0 Å². The van der Waals surface area contributed by atoms with Gasteiger partial charge in [0.05, 0.1) is 28.4 Å². The van der Waals surface area contributed by atoms with E-state index in [1.807, 2.05) is 61.8 Å². The smallest absolute Gasteiger partial charge is 0.333 e. The molecule has 0 aliphatic heterocycles. The number of aromatic nitrogens is 4. The molecule has 142 valence electrons. The first kappa shape index (κ1) is 17.2. The molecule has 0 aliphatic carbocycles. The molecule has 3 aromatic heterocycles. The number of nitrogens with zero attached hydrogens (tertiary/aromatic N) is 4. The summed E-state index contributed by atoms with van der Waals surface area (Å²) in [7, 11) is 3.65. The van der Waals surface area contributed by atoms with Gasteiger partial charge in [0.1, 0.15) is 0 Å². The van der Waals surface area contributed by atoms with Crippen LogP contribution in [-0.2, 0) is 7.05 Å². The maximum absolute atomic E-state index is 13.1. The molecule has 2 aromatic carbocycles. The molecule has 5 aromatic rings. The summed E-state index contributed by atoms with van der Waals surface area (Å²) in [4.78, 5) is 21.9. The number of anilines is 1. The van der Waals surface area contributed by atoms with Crippen LogP contribution in [-0.4, -0.2) is 26.1 Å². The van der Waals surface area contributed by atoms with Crippen LogP contribution in [0.4, 0.5) is 5.69 Å². The van der Waals surface area contributed by atoms with Crippen molar-refractivity contribution in [2.45, 2.75) is 0 Å². The average molecular weight is 381 g/mol. The van der Waals surface area contributed by atoms with Crippen molar-refractivity contribution in [1.29, 1.82) is 0 Å². The summed E-state index contributed by atoms with van der Waals surface area (Å²) in [5.74, 6) is 0. The molecule has 0 unspecified atom stereocenters. The normalized spacial score (nSPS) is 11.2. The maximum Gasteiger partial charge on any atom is 0.333 e. The van der Waals surface area contributed by atoms with Crippen LogP contribution in [0.25, 0.3) is 38.8 Å². The van der Waals surface area contributed by atoms with Gasteiger partial charge in [0, 0.05) is 43.1 Å². The Morgan fingerprint density at radius 1 is 0.966 bits per heavy atom. The third-order valence-corrected chi connectivity index (χ3v) is 5.29. The number of aryl methyl sites for hydroxylation is 1. The summed E-state index contributed by atoms with van der Waals surface area (Å²) in [6, 6.07) is 17.9. The van der Waals surface area contributed by atoms with E-state index in [0.29, 0.717) is 0 Å². The number of nitrogens with one attached hydrogen (secondary N) is 1. The van der Waals surface area contributed by atoms with E-state index in [4.69, 9.17) is 0 Å². The van der Waals surface area contributed by atoms with Crippen molar-refractivity contribution in [3.63, 3.8) is 0 Å². The molecule has 0 atom stereocenters. The number of fused-ring (bicyclic) bond motifs is 3. The minimum atomic E-state index is -0.0988. The van der Waals surface area contributed by atoms with Crippen LogP contribution in [0.2, 0.25) is 0 Å². The molecular formula is C23H19N5O. The highest BCUT2D eigenvalue weighted by molar-refractivity contribution is 6.04. The van der Waals surface area contributed by atoms with E-state index in [1.54, 1.807) is 28.6 Å². The SMILES string of the molecule is CNc1ccc(-n2c(=O)n(C)c3cnc4ccc(-c5cccnc5)cc4c32)cc1. The Morgan fingerprint density at radius 3 is 2.52 bits per heavy atom. The van der Waals surface area contributed by atoms with Crippen molar-refractivity contribution in [3.8, 4) is 16.8 Å². The van der Waals surface area contributed by atoms with Crippen LogP contribution in [0.1, 0.15) is 0 Å². The Balaban J connectivity index is 1.85. The van der Waals surface area contributed by atoms with Crippen molar-refractivity contribution >= 4 is 27.6 Å².